The van der Waals surface area contributed by atoms with Crippen molar-refractivity contribution in [3.8, 4) is 11.5 Å². The van der Waals surface area contributed by atoms with Crippen LogP contribution in [0.2, 0.25) is 0 Å². The van der Waals surface area contributed by atoms with Gasteiger partial charge in [0.1, 0.15) is 0 Å². The molecule has 1 aromatic carbocycles. The van der Waals surface area contributed by atoms with Crippen LogP contribution in [-0.4, -0.2) is 33.3 Å². The van der Waals surface area contributed by atoms with Gasteiger partial charge in [-0.25, -0.2) is 0 Å². The van der Waals surface area contributed by atoms with Gasteiger partial charge in [-0.05, 0) is 31.0 Å². The molecule has 0 radical (unpaired) electrons. The summed E-state index contributed by atoms with van der Waals surface area (Å²) in [6.07, 6.45) is 4.98. The van der Waals surface area contributed by atoms with E-state index in [1.54, 1.807) is 14.2 Å². The summed E-state index contributed by atoms with van der Waals surface area (Å²) in [5.74, 6) is 2.36. The first-order valence-corrected chi connectivity index (χ1v) is 8.49. The largest absolute Gasteiger partial charge is 0.493 e. The Morgan fingerprint density at radius 3 is 2.50 bits per heavy atom. The Bertz CT molecular complexity index is 481. The number of methoxy groups -OCH3 is 1. The summed E-state index contributed by atoms with van der Waals surface area (Å²) in [5.41, 5.74) is 1.13. The van der Waals surface area contributed by atoms with E-state index in [0.717, 1.165) is 29.6 Å². The molecule has 1 aromatic rings. The number of nitrogens with zero attached hydrogens (tertiary/aromatic N) is 1. The Labute approximate surface area is 163 Å². The van der Waals surface area contributed by atoms with Crippen molar-refractivity contribution >= 4 is 29.9 Å². The summed E-state index contributed by atoms with van der Waals surface area (Å²) in [4.78, 5) is 4.25. The predicted octanol–water partition coefficient (Wildman–Crippen LogP) is 3.96. The van der Waals surface area contributed by atoms with E-state index in [1.165, 1.54) is 25.7 Å². The summed E-state index contributed by atoms with van der Waals surface area (Å²) in [6.45, 7) is 6.45. The van der Waals surface area contributed by atoms with Crippen molar-refractivity contribution in [2.24, 2.45) is 4.99 Å². The van der Waals surface area contributed by atoms with Gasteiger partial charge >= 0.3 is 0 Å². The predicted molar refractivity (Wildman–Crippen MR) is 112 cm³/mol. The molecule has 2 N–H and O–H groups in total. The summed E-state index contributed by atoms with van der Waals surface area (Å²) in [5, 5.41) is 6.67. The number of benzene rings is 1. The Morgan fingerprint density at radius 2 is 1.88 bits per heavy atom. The van der Waals surface area contributed by atoms with Crippen LogP contribution in [0.5, 0.6) is 11.5 Å². The molecule has 0 aliphatic rings. The van der Waals surface area contributed by atoms with Crippen LogP contribution in [0.3, 0.4) is 0 Å². The average Bonchev–Trinajstić information content (AvgIpc) is 2.58. The maximum absolute atomic E-state index is 5.61. The number of rotatable bonds is 10. The van der Waals surface area contributed by atoms with Crippen LogP contribution in [0.15, 0.2) is 23.2 Å². The average molecular weight is 449 g/mol. The van der Waals surface area contributed by atoms with Crippen molar-refractivity contribution in [2.45, 2.75) is 46.1 Å². The maximum atomic E-state index is 5.61. The number of unbranched alkanes of at least 4 members (excludes halogenated alkanes) is 3. The van der Waals surface area contributed by atoms with Crippen LogP contribution in [0.25, 0.3) is 0 Å². The van der Waals surface area contributed by atoms with E-state index in [-0.39, 0.29) is 24.0 Å². The van der Waals surface area contributed by atoms with Crippen LogP contribution >= 0.6 is 24.0 Å². The van der Waals surface area contributed by atoms with E-state index in [2.05, 4.69) is 22.5 Å². The SMILES string of the molecule is CCCCCCNC(=NC)NCc1ccc(OC)c(OCC)c1.I. The highest BCUT2D eigenvalue weighted by Gasteiger charge is 2.06. The zero-order valence-corrected chi connectivity index (χ0v) is 17.7. The smallest absolute Gasteiger partial charge is 0.191 e. The second-order valence-electron chi connectivity index (χ2n) is 5.33. The normalized spacial score (nSPS) is 10.8. The molecule has 5 nitrogen and oxygen atoms in total. The number of guanidine groups is 1. The molecule has 0 aromatic heterocycles. The lowest BCUT2D eigenvalue weighted by atomic mass is 10.2. The van der Waals surface area contributed by atoms with Crippen LogP contribution < -0.4 is 20.1 Å². The Balaban J connectivity index is 0.00000529. The van der Waals surface area contributed by atoms with Gasteiger partial charge in [0.15, 0.2) is 17.5 Å². The molecular formula is C18H32IN3O2. The van der Waals surface area contributed by atoms with Crippen molar-refractivity contribution in [3.05, 3.63) is 23.8 Å². The van der Waals surface area contributed by atoms with Gasteiger partial charge in [-0.1, -0.05) is 32.3 Å². The zero-order chi connectivity index (χ0) is 16.9. The van der Waals surface area contributed by atoms with Crippen molar-refractivity contribution in [3.63, 3.8) is 0 Å². The fraction of sp³-hybridized carbons (Fsp3) is 0.611. The van der Waals surface area contributed by atoms with Crippen molar-refractivity contribution in [1.82, 2.24) is 10.6 Å². The van der Waals surface area contributed by atoms with Gasteiger partial charge in [0.2, 0.25) is 0 Å². The molecule has 0 aliphatic heterocycles. The lowest BCUT2D eigenvalue weighted by molar-refractivity contribution is 0.310. The van der Waals surface area contributed by atoms with E-state index in [0.29, 0.717) is 13.2 Å². The minimum Gasteiger partial charge on any atom is -0.493 e. The molecule has 0 fully saturated rings. The third-order valence-corrected chi connectivity index (χ3v) is 3.53. The van der Waals surface area contributed by atoms with Gasteiger partial charge in [0.05, 0.1) is 13.7 Å². The number of aliphatic imine (C=N–C) groups is 1. The van der Waals surface area contributed by atoms with Gasteiger partial charge in [-0.2, -0.15) is 0 Å². The topological polar surface area (TPSA) is 54.9 Å². The molecular weight excluding hydrogens is 417 g/mol. The van der Waals surface area contributed by atoms with Crippen LogP contribution in [0.1, 0.15) is 45.1 Å². The third kappa shape index (κ3) is 8.61. The van der Waals surface area contributed by atoms with Gasteiger partial charge < -0.3 is 20.1 Å². The minimum atomic E-state index is 0. The molecule has 1 rings (SSSR count). The van der Waals surface area contributed by atoms with Crippen LogP contribution in [-0.2, 0) is 6.54 Å². The van der Waals surface area contributed by atoms with E-state index in [1.807, 2.05) is 25.1 Å². The monoisotopic (exact) mass is 449 g/mol. The van der Waals surface area contributed by atoms with Crippen LogP contribution in [0.4, 0.5) is 0 Å². The molecule has 0 amide bonds. The zero-order valence-electron chi connectivity index (χ0n) is 15.4. The maximum Gasteiger partial charge on any atom is 0.191 e. The van der Waals surface area contributed by atoms with Crippen molar-refractivity contribution < 1.29 is 9.47 Å². The molecule has 6 heteroatoms. The first-order valence-electron chi connectivity index (χ1n) is 8.49. The van der Waals surface area contributed by atoms with Crippen LogP contribution in [0, 0.1) is 0 Å². The van der Waals surface area contributed by atoms with Gasteiger partial charge in [-0.15, -0.1) is 24.0 Å². The Hall–Kier alpha value is -1.18. The number of halogens is 1. The molecule has 0 unspecified atom stereocenters. The van der Waals surface area contributed by atoms with Crippen molar-refractivity contribution in [1.29, 1.82) is 0 Å². The van der Waals surface area contributed by atoms with E-state index >= 15 is 0 Å². The lowest BCUT2D eigenvalue weighted by Crippen LogP contribution is -2.37. The summed E-state index contributed by atoms with van der Waals surface area (Å²) in [6, 6.07) is 5.97. The Kier molecular flexibility index (Phi) is 13.5. The van der Waals surface area contributed by atoms with E-state index in [4.69, 9.17) is 9.47 Å². The lowest BCUT2D eigenvalue weighted by Gasteiger charge is -2.14. The molecule has 0 atom stereocenters. The van der Waals surface area contributed by atoms with Gasteiger partial charge in [0, 0.05) is 20.1 Å². The second kappa shape index (κ2) is 14.2. The molecule has 0 bridgehead atoms. The number of ether oxygens (including phenoxy) is 2. The standard InChI is InChI=1S/C18H31N3O2.HI/c1-5-7-8-9-12-20-18(19-3)21-14-15-10-11-16(22-4)17(13-15)23-6-2;/h10-11,13H,5-9,12,14H2,1-4H3,(H2,19,20,21);1H. The summed E-state index contributed by atoms with van der Waals surface area (Å²) >= 11 is 0. The Morgan fingerprint density at radius 1 is 1.08 bits per heavy atom. The molecule has 24 heavy (non-hydrogen) atoms. The number of hydrogen-bond donors (Lipinski definition) is 2. The number of nitrogens with one attached hydrogen (secondary N) is 2. The highest BCUT2D eigenvalue weighted by atomic mass is 127. The third-order valence-electron chi connectivity index (χ3n) is 3.53. The first kappa shape index (κ1) is 22.8. The minimum absolute atomic E-state index is 0. The molecule has 138 valence electrons. The fourth-order valence-corrected chi connectivity index (χ4v) is 2.26. The molecule has 0 saturated carbocycles. The molecule has 0 saturated heterocycles. The number of hydrogen-bond acceptors (Lipinski definition) is 3. The van der Waals surface area contributed by atoms with Crippen molar-refractivity contribution in [2.75, 3.05) is 27.3 Å². The van der Waals surface area contributed by atoms with E-state index < -0.39 is 0 Å². The first-order chi connectivity index (χ1) is 11.2. The van der Waals surface area contributed by atoms with Gasteiger partial charge in [-0.3, -0.25) is 4.99 Å². The van der Waals surface area contributed by atoms with Gasteiger partial charge in [0.25, 0.3) is 0 Å². The second-order valence-corrected chi connectivity index (χ2v) is 5.33. The highest BCUT2D eigenvalue weighted by molar-refractivity contribution is 14.0. The van der Waals surface area contributed by atoms with E-state index in [9.17, 15) is 0 Å². The fourth-order valence-electron chi connectivity index (χ4n) is 2.26. The molecule has 0 aliphatic carbocycles. The quantitative estimate of drug-likeness (QED) is 0.246. The summed E-state index contributed by atoms with van der Waals surface area (Å²) < 4.78 is 10.9. The highest BCUT2D eigenvalue weighted by Crippen LogP contribution is 2.27. The summed E-state index contributed by atoms with van der Waals surface area (Å²) in [7, 11) is 3.45. The molecule has 0 spiro atoms. The molecule has 0 heterocycles.